The minimum absolute atomic E-state index is 0.498. The number of hydrogen-bond donors (Lipinski definition) is 1. The second-order valence-electron chi connectivity index (χ2n) is 7.14. The van der Waals surface area contributed by atoms with Crippen LogP contribution in [-0.4, -0.2) is 36.0 Å². The number of hydrazone groups is 1. The SMILES string of the molecule is O=C(N/N=C\c1c2ccccc2cc2ccccc12)C(=O)N1CCCCCC1. The maximum absolute atomic E-state index is 12.4. The molecular formula is C23H23N3O2. The van der Waals surface area contributed by atoms with Crippen LogP contribution in [0, 0.1) is 0 Å². The number of carbonyl (C=O) groups excluding carboxylic acids is 2. The summed E-state index contributed by atoms with van der Waals surface area (Å²) in [7, 11) is 0. The van der Waals surface area contributed by atoms with Gasteiger partial charge in [-0.2, -0.15) is 5.10 Å². The van der Waals surface area contributed by atoms with Crippen LogP contribution in [-0.2, 0) is 9.59 Å². The number of hydrogen-bond acceptors (Lipinski definition) is 3. The standard InChI is InChI=1S/C23H23N3O2/c27-22(23(28)26-13-7-1-2-8-14-26)25-24-16-21-19-11-5-3-9-17(19)15-18-10-4-6-12-20(18)21/h3-6,9-12,15-16H,1-2,7-8,13-14H2,(H,25,27)/b24-16-. The van der Waals surface area contributed by atoms with Gasteiger partial charge in [-0.3, -0.25) is 9.59 Å². The van der Waals surface area contributed by atoms with Crippen LogP contribution in [0.15, 0.2) is 59.7 Å². The van der Waals surface area contributed by atoms with Crippen LogP contribution in [0.3, 0.4) is 0 Å². The number of benzene rings is 3. The smallest absolute Gasteiger partial charge is 0.329 e. The molecule has 0 saturated carbocycles. The lowest BCUT2D eigenvalue weighted by Gasteiger charge is -2.18. The van der Waals surface area contributed by atoms with Gasteiger partial charge < -0.3 is 4.90 Å². The molecule has 3 aromatic rings. The first-order chi connectivity index (χ1) is 13.7. The molecule has 1 heterocycles. The molecule has 0 atom stereocenters. The highest BCUT2D eigenvalue weighted by Gasteiger charge is 2.22. The summed E-state index contributed by atoms with van der Waals surface area (Å²) in [5.74, 6) is -1.18. The molecule has 0 bridgehead atoms. The average Bonchev–Trinajstić information content (AvgIpc) is 3.02. The lowest BCUT2D eigenvalue weighted by molar-refractivity contribution is -0.145. The minimum Gasteiger partial charge on any atom is -0.334 e. The van der Waals surface area contributed by atoms with Crippen LogP contribution >= 0.6 is 0 Å². The first kappa shape index (κ1) is 18.2. The zero-order valence-electron chi connectivity index (χ0n) is 15.7. The van der Waals surface area contributed by atoms with E-state index >= 15 is 0 Å². The minimum atomic E-state index is -0.678. The number of nitrogens with zero attached hydrogens (tertiary/aromatic N) is 2. The number of nitrogens with one attached hydrogen (secondary N) is 1. The Hall–Kier alpha value is -3.21. The third-order valence-corrected chi connectivity index (χ3v) is 5.26. The van der Waals surface area contributed by atoms with Crippen LogP contribution in [0.1, 0.15) is 31.2 Å². The molecule has 4 rings (SSSR count). The Labute approximate surface area is 164 Å². The highest BCUT2D eigenvalue weighted by molar-refractivity contribution is 6.35. The number of fused-ring (bicyclic) bond motifs is 2. The van der Waals surface area contributed by atoms with Crippen molar-refractivity contribution < 1.29 is 9.59 Å². The summed E-state index contributed by atoms with van der Waals surface area (Å²) >= 11 is 0. The van der Waals surface area contributed by atoms with Crippen molar-refractivity contribution in [2.75, 3.05) is 13.1 Å². The van der Waals surface area contributed by atoms with Gasteiger partial charge in [-0.1, -0.05) is 61.4 Å². The molecule has 142 valence electrons. The Morgan fingerprint density at radius 1 is 0.857 bits per heavy atom. The van der Waals surface area contributed by atoms with E-state index in [2.05, 4.69) is 28.7 Å². The molecule has 1 saturated heterocycles. The predicted molar refractivity (Wildman–Crippen MR) is 112 cm³/mol. The van der Waals surface area contributed by atoms with Crippen LogP contribution in [0.25, 0.3) is 21.5 Å². The third-order valence-electron chi connectivity index (χ3n) is 5.26. The molecule has 0 aliphatic carbocycles. The van der Waals surface area contributed by atoms with E-state index in [1.165, 1.54) is 0 Å². The van der Waals surface area contributed by atoms with Crippen molar-refractivity contribution in [3.63, 3.8) is 0 Å². The van der Waals surface area contributed by atoms with Gasteiger partial charge in [0.1, 0.15) is 0 Å². The monoisotopic (exact) mass is 373 g/mol. The molecule has 5 heteroatoms. The molecule has 0 radical (unpaired) electrons. The van der Waals surface area contributed by atoms with Gasteiger partial charge in [0.15, 0.2) is 0 Å². The van der Waals surface area contributed by atoms with E-state index in [0.717, 1.165) is 52.8 Å². The molecule has 0 spiro atoms. The highest BCUT2D eigenvalue weighted by atomic mass is 16.2. The quantitative estimate of drug-likeness (QED) is 0.321. The Kier molecular flexibility index (Phi) is 5.33. The van der Waals surface area contributed by atoms with E-state index < -0.39 is 11.8 Å². The Morgan fingerprint density at radius 3 is 2.04 bits per heavy atom. The molecule has 0 unspecified atom stereocenters. The lowest BCUT2D eigenvalue weighted by atomic mass is 9.97. The lowest BCUT2D eigenvalue weighted by Crippen LogP contribution is -2.41. The van der Waals surface area contributed by atoms with Crippen molar-refractivity contribution in [2.24, 2.45) is 5.10 Å². The molecule has 1 aliphatic rings. The van der Waals surface area contributed by atoms with Gasteiger partial charge >= 0.3 is 11.8 Å². The van der Waals surface area contributed by atoms with Gasteiger partial charge in [0, 0.05) is 18.7 Å². The third kappa shape index (κ3) is 3.74. The van der Waals surface area contributed by atoms with E-state index in [1.807, 2.05) is 36.4 Å². The summed E-state index contributed by atoms with van der Waals surface area (Å²) < 4.78 is 0. The van der Waals surface area contributed by atoms with E-state index in [9.17, 15) is 9.59 Å². The summed E-state index contributed by atoms with van der Waals surface area (Å²) in [5, 5.41) is 8.43. The topological polar surface area (TPSA) is 61.8 Å². The van der Waals surface area contributed by atoms with Crippen LogP contribution < -0.4 is 5.43 Å². The van der Waals surface area contributed by atoms with Gasteiger partial charge in [0.05, 0.1) is 6.21 Å². The first-order valence-electron chi connectivity index (χ1n) is 9.77. The van der Waals surface area contributed by atoms with Crippen LogP contribution in [0.2, 0.25) is 0 Å². The molecule has 0 aromatic heterocycles. The van der Waals surface area contributed by atoms with Crippen molar-refractivity contribution >= 4 is 39.6 Å². The van der Waals surface area contributed by atoms with Crippen molar-refractivity contribution in [1.82, 2.24) is 10.3 Å². The number of rotatable bonds is 2. The number of amides is 2. The molecule has 28 heavy (non-hydrogen) atoms. The molecule has 1 aliphatic heterocycles. The highest BCUT2D eigenvalue weighted by Crippen LogP contribution is 2.27. The van der Waals surface area contributed by atoms with Gasteiger partial charge in [0.25, 0.3) is 0 Å². The van der Waals surface area contributed by atoms with E-state index in [4.69, 9.17) is 0 Å². The number of likely N-dealkylation sites (tertiary alicyclic amines) is 1. The summed E-state index contributed by atoms with van der Waals surface area (Å²) in [6.07, 6.45) is 5.75. The Balaban J connectivity index is 1.58. The van der Waals surface area contributed by atoms with Crippen LogP contribution in [0.5, 0.6) is 0 Å². The molecule has 3 aromatic carbocycles. The van der Waals surface area contributed by atoms with Gasteiger partial charge in [-0.15, -0.1) is 0 Å². The fraction of sp³-hybridized carbons (Fsp3) is 0.261. The molecule has 1 fully saturated rings. The van der Waals surface area contributed by atoms with Gasteiger partial charge in [-0.05, 0) is 40.5 Å². The maximum atomic E-state index is 12.4. The largest absolute Gasteiger partial charge is 0.334 e. The average molecular weight is 373 g/mol. The van der Waals surface area contributed by atoms with E-state index in [1.54, 1.807) is 11.1 Å². The van der Waals surface area contributed by atoms with E-state index in [-0.39, 0.29) is 0 Å². The van der Waals surface area contributed by atoms with E-state index in [0.29, 0.717) is 13.1 Å². The second-order valence-corrected chi connectivity index (χ2v) is 7.14. The van der Waals surface area contributed by atoms with Crippen molar-refractivity contribution in [2.45, 2.75) is 25.7 Å². The molecular weight excluding hydrogens is 350 g/mol. The molecule has 5 nitrogen and oxygen atoms in total. The Morgan fingerprint density at radius 2 is 1.43 bits per heavy atom. The van der Waals surface area contributed by atoms with Crippen molar-refractivity contribution in [1.29, 1.82) is 0 Å². The zero-order valence-corrected chi connectivity index (χ0v) is 15.7. The van der Waals surface area contributed by atoms with Gasteiger partial charge in [-0.25, -0.2) is 5.43 Å². The normalized spacial score (nSPS) is 15.1. The summed E-state index contributed by atoms with van der Waals surface area (Å²) in [6.45, 7) is 1.29. The second kappa shape index (κ2) is 8.21. The summed E-state index contributed by atoms with van der Waals surface area (Å²) in [6, 6.07) is 18.3. The van der Waals surface area contributed by atoms with Crippen LogP contribution in [0.4, 0.5) is 0 Å². The summed E-state index contributed by atoms with van der Waals surface area (Å²) in [4.78, 5) is 26.2. The fourth-order valence-electron chi connectivity index (χ4n) is 3.81. The zero-order chi connectivity index (χ0) is 19.3. The fourth-order valence-corrected chi connectivity index (χ4v) is 3.81. The molecule has 1 N–H and O–H groups in total. The van der Waals surface area contributed by atoms with Crippen molar-refractivity contribution in [3.8, 4) is 0 Å². The number of carbonyl (C=O) groups is 2. The predicted octanol–water partition coefficient (Wildman–Crippen LogP) is 3.85. The van der Waals surface area contributed by atoms with Crippen molar-refractivity contribution in [3.05, 3.63) is 60.2 Å². The Bertz CT molecular complexity index is 996. The molecule has 2 amide bonds. The summed E-state index contributed by atoms with van der Waals surface area (Å²) in [5.41, 5.74) is 3.34. The first-order valence-corrected chi connectivity index (χ1v) is 9.77. The van der Waals surface area contributed by atoms with Gasteiger partial charge in [0.2, 0.25) is 0 Å². The maximum Gasteiger partial charge on any atom is 0.329 e.